The Morgan fingerprint density at radius 3 is 0.737 bits per heavy atom. The van der Waals surface area contributed by atoms with Gasteiger partial charge in [0.1, 0.15) is 92.0 Å². The monoisotopic (exact) mass is 1460 g/mol. The van der Waals surface area contributed by atoms with E-state index in [-0.39, 0.29) is 26.9 Å². The highest BCUT2D eigenvalue weighted by molar-refractivity contribution is 7.00. The lowest BCUT2D eigenvalue weighted by atomic mass is 9.34. The number of rotatable bonds is 5. The minimum absolute atomic E-state index is 0.00913. The van der Waals surface area contributed by atoms with Gasteiger partial charge in [-0.3, -0.25) is 0 Å². The van der Waals surface area contributed by atoms with Crippen molar-refractivity contribution in [2.75, 3.05) is 0 Å². The summed E-state index contributed by atoms with van der Waals surface area (Å²) >= 11 is 0. The molecule has 8 aliphatic heterocycles. The van der Waals surface area contributed by atoms with Crippen LogP contribution < -0.4 is 103 Å². The molecular formula is C102H60B4O8. The first-order chi connectivity index (χ1) is 56.5. The second kappa shape index (κ2) is 25.5. The molecule has 0 spiro atoms. The van der Waals surface area contributed by atoms with Crippen LogP contribution in [-0.2, 0) is 0 Å². The van der Waals surface area contributed by atoms with Crippen LogP contribution in [0.2, 0.25) is 0 Å². The van der Waals surface area contributed by atoms with Crippen molar-refractivity contribution in [3.05, 3.63) is 363 Å². The van der Waals surface area contributed by atoms with Crippen LogP contribution in [0.3, 0.4) is 0 Å². The zero-order valence-corrected chi connectivity index (χ0v) is 61.2. The van der Waals surface area contributed by atoms with Crippen LogP contribution in [0.1, 0.15) is 11.1 Å². The average Bonchev–Trinajstić information content (AvgIpc) is 1.18. The highest BCUT2D eigenvalue weighted by Gasteiger charge is 2.47. The maximum absolute atomic E-state index is 6.91. The Balaban J connectivity index is 0.0000000996. The Hall–Kier alpha value is -14.6. The van der Waals surface area contributed by atoms with Gasteiger partial charge in [0.15, 0.2) is 0 Å². The standard InChI is InChI=1S/C36H18B2O4.C36H23BO2.C30H19BO2/c1-3-9-25-21(7-1)37-23-17-19-15-16-20-18-24-36(32(31(19)20)35(23)41-29-13-5-11-27(39-25)33(29)37)42-30-14-6-12-28-34(30)38(24)22-8-2-4-10-26(22)40-28;1-3-11-24(12-4-1)26-19-27(25-13-5-2-6-14-25)21-28(20-26)29-22-34-36-35(23-29)39-33-18-10-8-16-31(33)37(36)30-15-7-9-17-32(30)38-34;1-2-9-20(10-3-1)21-11-8-12-22(17-21)23-18-28-30-29(19-23)33-27-16-7-5-14-25(27)31(30)24-13-4-6-15-26(24)32-28/h1-18H;1-23H;1-19H. The van der Waals surface area contributed by atoms with Crippen molar-refractivity contribution in [1.29, 1.82) is 0 Å². The Labute approximate surface area is 659 Å². The van der Waals surface area contributed by atoms with Gasteiger partial charge < -0.3 is 37.9 Å². The highest BCUT2D eigenvalue weighted by Crippen LogP contribution is 2.49. The van der Waals surface area contributed by atoms with E-state index in [1.54, 1.807) is 0 Å². The van der Waals surface area contributed by atoms with Crippen LogP contribution in [0.15, 0.2) is 352 Å². The van der Waals surface area contributed by atoms with Crippen LogP contribution in [0.4, 0.5) is 0 Å². The number of hydrogen-bond acceptors (Lipinski definition) is 8. The quantitative estimate of drug-likeness (QED) is 0.158. The molecule has 17 aromatic rings. The molecule has 114 heavy (non-hydrogen) atoms. The van der Waals surface area contributed by atoms with E-state index in [0.29, 0.717) is 0 Å². The fraction of sp³-hybridized carbons (Fsp3) is 0. The SMILES string of the molecule is C1=Cc2cc3c(c4c5c(cc1c24)B1c2ccccc2Oc2cccc(c21)O5)Oc1cccc2c1B3c1ccccc1O2.c1ccc(-c2cc(-c3ccccc3)cc(-c3cc4c5c(c3)Oc3ccccc3B5c3ccccc3O4)c2)cc1.c1ccc(-c2cccc(-c3cc4c5c(c3)Oc3ccccc3B5c3ccccc3O4)c2)cc1. The van der Waals surface area contributed by atoms with E-state index in [4.69, 9.17) is 37.9 Å². The van der Waals surface area contributed by atoms with E-state index in [1.807, 2.05) is 66.7 Å². The second-order valence-corrected chi connectivity index (χ2v) is 30.2. The Morgan fingerprint density at radius 2 is 0.377 bits per heavy atom. The maximum Gasteiger partial charge on any atom is 0.260 e. The van der Waals surface area contributed by atoms with Crippen molar-refractivity contribution in [3.63, 3.8) is 0 Å². The molecule has 26 rings (SSSR count). The average molecular weight is 1460 g/mol. The van der Waals surface area contributed by atoms with Crippen LogP contribution in [-0.4, -0.2) is 26.9 Å². The first-order valence-corrected chi connectivity index (χ1v) is 38.8. The summed E-state index contributed by atoms with van der Waals surface area (Å²) in [5.41, 5.74) is 27.5. The molecule has 0 unspecified atom stereocenters. The van der Waals surface area contributed by atoms with E-state index in [1.165, 1.54) is 71.7 Å². The molecule has 1 aliphatic carbocycles. The van der Waals surface area contributed by atoms with Crippen molar-refractivity contribution in [2.45, 2.75) is 0 Å². The van der Waals surface area contributed by atoms with E-state index in [9.17, 15) is 0 Å². The Morgan fingerprint density at radius 1 is 0.149 bits per heavy atom. The molecule has 0 saturated heterocycles. The zero-order valence-electron chi connectivity index (χ0n) is 61.2. The summed E-state index contributed by atoms with van der Waals surface area (Å²) in [6.07, 6.45) is 4.46. The molecule has 0 amide bonds. The number of benzene rings is 17. The van der Waals surface area contributed by atoms with E-state index in [2.05, 4.69) is 297 Å². The van der Waals surface area contributed by atoms with Gasteiger partial charge in [-0.2, -0.15) is 0 Å². The number of hydrogen-bond donors (Lipinski definition) is 0. The molecular weight excluding hydrogens is 1400 g/mol. The van der Waals surface area contributed by atoms with Gasteiger partial charge in [0.2, 0.25) is 0 Å². The highest BCUT2D eigenvalue weighted by atomic mass is 16.5. The normalized spacial score (nSPS) is 13.4. The molecule has 8 heterocycles. The lowest BCUT2D eigenvalue weighted by molar-refractivity contribution is 0.459. The van der Waals surface area contributed by atoms with Gasteiger partial charge in [0.25, 0.3) is 26.9 Å². The molecule has 0 aromatic heterocycles. The summed E-state index contributed by atoms with van der Waals surface area (Å²) in [4.78, 5) is 0. The third-order valence-electron chi connectivity index (χ3n) is 23.8. The summed E-state index contributed by atoms with van der Waals surface area (Å²) < 4.78 is 52.5. The second-order valence-electron chi connectivity index (χ2n) is 30.2. The fourth-order valence-corrected chi connectivity index (χ4v) is 18.8. The van der Waals surface area contributed by atoms with Crippen LogP contribution in [0.25, 0.3) is 78.6 Å². The fourth-order valence-electron chi connectivity index (χ4n) is 18.8. The van der Waals surface area contributed by atoms with E-state index >= 15 is 0 Å². The van der Waals surface area contributed by atoms with Crippen molar-refractivity contribution < 1.29 is 37.9 Å². The van der Waals surface area contributed by atoms with Crippen LogP contribution in [0.5, 0.6) is 92.0 Å². The van der Waals surface area contributed by atoms with Gasteiger partial charge in [0.05, 0.1) is 5.39 Å². The summed E-state index contributed by atoms with van der Waals surface area (Å²) in [5.74, 6) is 13.9. The molecule has 0 bridgehead atoms. The van der Waals surface area contributed by atoms with Gasteiger partial charge in [-0.1, -0.05) is 255 Å². The molecule has 8 nitrogen and oxygen atoms in total. The topological polar surface area (TPSA) is 73.8 Å². The zero-order chi connectivity index (χ0) is 74.6. The molecule has 0 atom stereocenters. The van der Waals surface area contributed by atoms with E-state index < -0.39 is 0 Å². The smallest absolute Gasteiger partial charge is 0.260 e. The predicted octanol–water partition coefficient (Wildman–Crippen LogP) is 17.9. The van der Waals surface area contributed by atoms with Gasteiger partial charge in [-0.05, 0) is 220 Å². The van der Waals surface area contributed by atoms with Gasteiger partial charge in [-0.15, -0.1) is 0 Å². The minimum Gasteiger partial charge on any atom is -0.458 e. The first kappa shape index (κ1) is 64.2. The van der Waals surface area contributed by atoms with Crippen molar-refractivity contribution in [1.82, 2.24) is 0 Å². The molecule has 0 N–H and O–H groups in total. The van der Waals surface area contributed by atoms with Crippen molar-refractivity contribution >= 4 is 115 Å². The summed E-state index contributed by atoms with van der Waals surface area (Å²) in [5, 5.41) is 2.20. The number of ether oxygens (including phenoxy) is 8. The summed E-state index contributed by atoms with van der Waals surface area (Å²) in [7, 11) is 0. The molecule has 0 radical (unpaired) electrons. The summed E-state index contributed by atoms with van der Waals surface area (Å²) in [6.45, 7) is 0.166. The predicted molar refractivity (Wildman–Crippen MR) is 464 cm³/mol. The first-order valence-electron chi connectivity index (χ1n) is 38.8. The molecule has 17 aromatic carbocycles. The maximum atomic E-state index is 6.91. The van der Waals surface area contributed by atoms with E-state index in [0.717, 1.165) is 163 Å². The number of fused-ring (bicyclic) bond motifs is 18. The van der Waals surface area contributed by atoms with Gasteiger partial charge in [-0.25, -0.2) is 0 Å². The lowest BCUT2D eigenvalue weighted by Crippen LogP contribution is -2.58. The molecule has 12 heteroatoms. The van der Waals surface area contributed by atoms with Gasteiger partial charge >= 0.3 is 0 Å². The minimum atomic E-state index is -0.00913. The van der Waals surface area contributed by atoms with Crippen LogP contribution >= 0.6 is 0 Å². The van der Waals surface area contributed by atoms with Crippen molar-refractivity contribution in [3.8, 4) is 148 Å². The molecule has 9 aliphatic rings. The molecule has 528 valence electrons. The largest absolute Gasteiger partial charge is 0.458 e. The lowest BCUT2D eigenvalue weighted by Gasteiger charge is -2.36. The molecule has 0 fully saturated rings. The Bertz CT molecular complexity index is 6630. The van der Waals surface area contributed by atoms with Crippen molar-refractivity contribution in [2.24, 2.45) is 0 Å². The molecule has 0 saturated carbocycles. The van der Waals surface area contributed by atoms with Gasteiger partial charge in [0, 0.05) is 27.2 Å². The van der Waals surface area contributed by atoms with Crippen LogP contribution in [0, 0.1) is 0 Å². The third kappa shape index (κ3) is 10.2. The summed E-state index contributed by atoms with van der Waals surface area (Å²) in [6, 6.07) is 123. The Kier molecular flexibility index (Phi) is 14.4. The third-order valence-corrected chi connectivity index (χ3v) is 23.8. The number of para-hydroxylation sites is 6.